The highest BCUT2D eigenvalue weighted by molar-refractivity contribution is 6.92. The first kappa shape index (κ1) is 20.2. The third-order valence-electron chi connectivity index (χ3n) is 6.69. The zero-order chi connectivity index (χ0) is 19.4. The Morgan fingerprint density at radius 2 is 2.11 bits per heavy atom. The number of benzene rings is 1. The van der Waals surface area contributed by atoms with E-state index in [1.54, 1.807) is 5.57 Å². The lowest BCUT2D eigenvalue weighted by Gasteiger charge is -2.37. The van der Waals surface area contributed by atoms with Gasteiger partial charge in [0, 0.05) is 0 Å². The maximum Gasteiger partial charge on any atom is 0.121 e. The van der Waals surface area contributed by atoms with Gasteiger partial charge in [0.1, 0.15) is 12.4 Å². The van der Waals surface area contributed by atoms with E-state index in [2.05, 4.69) is 69.9 Å². The van der Waals surface area contributed by atoms with E-state index in [4.69, 9.17) is 4.74 Å². The molecule has 3 atom stereocenters. The summed E-state index contributed by atoms with van der Waals surface area (Å²) >= 11 is 0. The summed E-state index contributed by atoms with van der Waals surface area (Å²) in [6, 6.07) is 6.75. The van der Waals surface area contributed by atoms with Crippen molar-refractivity contribution in [1.29, 1.82) is 0 Å². The molecule has 0 bridgehead atoms. The summed E-state index contributed by atoms with van der Waals surface area (Å²) in [6.07, 6.45) is 15.6. The van der Waals surface area contributed by atoms with Gasteiger partial charge in [-0.15, -0.1) is 0 Å². The van der Waals surface area contributed by atoms with Crippen LogP contribution in [0.25, 0.3) is 0 Å². The standard InChI is InChI=1S/C25H36OSi/c1-6-8-13-21-18-20-14-9-10-15-22(20)25(21)27(4,5)23-16-11-12-19(3)24(23)26-17-7-2/h7,9-12,15-16,20-21,25H,2,6,8,13-14,17-18H2,1,3-5H3. The molecule has 0 N–H and O–H groups in total. The SMILES string of the molecule is C=CCOc1c(C)cccc1[Si](C)(C)C1C2=CC=CCC2CC1CCCC. The second kappa shape index (κ2) is 8.64. The first-order valence-electron chi connectivity index (χ1n) is 10.7. The smallest absolute Gasteiger partial charge is 0.121 e. The summed E-state index contributed by atoms with van der Waals surface area (Å²) in [6.45, 7) is 14.1. The molecule has 3 rings (SSSR count). The highest BCUT2D eigenvalue weighted by Gasteiger charge is 2.48. The second-order valence-corrected chi connectivity index (χ2v) is 13.5. The van der Waals surface area contributed by atoms with Crippen molar-refractivity contribution >= 4 is 13.3 Å². The highest BCUT2D eigenvalue weighted by Crippen LogP contribution is 2.54. The van der Waals surface area contributed by atoms with Crippen LogP contribution in [0.5, 0.6) is 5.75 Å². The van der Waals surface area contributed by atoms with Crippen molar-refractivity contribution in [2.75, 3.05) is 6.61 Å². The summed E-state index contributed by atoms with van der Waals surface area (Å²) in [5, 5.41) is 1.49. The molecule has 0 saturated heterocycles. The summed E-state index contributed by atoms with van der Waals surface area (Å²) in [5.74, 6) is 2.73. The van der Waals surface area contributed by atoms with Crippen LogP contribution in [0.1, 0.15) is 44.6 Å². The Bertz CT molecular complexity index is 728. The molecule has 146 valence electrons. The normalized spacial score (nSPS) is 24.4. The van der Waals surface area contributed by atoms with E-state index in [-0.39, 0.29) is 0 Å². The van der Waals surface area contributed by atoms with E-state index in [0.29, 0.717) is 6.61 Å². The molecule has 2 aliphatic carbocycles. The quantitative estimate of drug-likeness (QED) is 0.366. The van der Waals surface area contributed by atoms with Crippen molar-refractivity contribution in [2.45, 2.75) is 64.6 Å². The Balaban J connectivity index is 2.03. The summed E-state index contributed by atoms with van der Waals surface area (Å²) < 4.78 is 6.20. The lowest BCUT2D eigenvalue weighted by Crippen LogP contribution is -2.48. The Hall–Kier alpha value is -1.54. The predicted molar refractivity (Wildman–Crippen MR) is 121 cm³/mol. The molecular weight excluding hydrogens is 344 g/mol. The molecular formula is C25H36OSi. The van der Waals surface area contributed by atoms with E-state index in [1.807, 2.05) is 6.08 Å². The van der Waals surface area contributed by atoms with Crippen molar-refractivity contribution < 1.29 is 4.74 Å². The van der Waals surface area contributed by atoms with Crippen LogP contribution < -0.4 is 9.92 Å². The molecule has 0 aromatic heterocycles. The molecule has 0 amide bonds. The van der Waals surface area contributed by atoms with Crippen LogP contribution in [0.3, 0.4) is 0 Å². The topological polar surface area (TPSA) is 9.23 Å². The minimum atomic E-state index is -1.76. The Labute approximate surface area is 167 Å². The number of rotatable bonds is 8. The van der Waals surface area contributed by atoms with Gasteiger partial charge in [0.25, 0.3) is 0 Å². The van der Waals surface area contributed by atoms with E-state index in [9.17, 15) is 0 Å². The van der Waals surface area contributed by atoms with Crippen molar-refractivity contribution in [1.82, 2.24) is 0 Å². The highest BCUT2D eigenvalue weighted by atomic mass is 28.3. The fourth-order valence-corrected chi connectivity index (χ4v) is 9.84. The minimum absolute atomic E-state index is 0.584. The average Bonchev–Trinajstić information content (AvgIpc) is 3.04. The van der Waals surface area contributed by atoms with Gasteiger partial charge in [-0.1, -0.05) is 93.9 Å². The van der Waals surface area contributed by atoms with Crippen LogP contribution in [0, 0.1) is 18.8 Å². The third kappa shape index (κ3) is 4.01. The molecule has 2 aliphatic rings. The molecule has 3 unspecified atom stereocenters. The first-order chi connectivity index (χ1) is 13.0. The van der Waals surface area contributed by atoms with Gasteiger partial charge in [-0.3, -0.25) is 0 Å². The molecule has 2 heteroatoms. The van der Waals surface area contributed by atoms with Gasteiger partial charge >= 0.3 is 0 Å². The summed E-state index contributed by atoms with van der Waals surface area (Å²) in [7, 11) is -1.76. The zero-order valence-corrected chi connectivity index (χ0v) is 18.6. The third-order valence-corrected chi connectivity index (χ3v) is 10.8. The molecule has 0 heterocycles. The molecule has 1 fully saturated rings. The van der Waals surface area contributed by atoms with Crippen molar-refractivity contribution in [3.05, 3.63) is 60.2 Å². The zero-order valence-electron chi connectivity index (χ0n) is 17.6. The fourth-order valence-electron chi connectivity index (χ4n) is 5.48. The number of ether oxygens (including phenoxy) is 1. The number of allylic oxidation sites excluding steroid dienone is 4. The number of para-hydroxylation sites is 1. The lowest BCUT2D eigenvalue weighted by atomic mass is 9.94. The van der Waals surface area contributed by atoms with Crippen LogP contribution in [0.4, 0.5) is 0 Å². The Morgan fingerprint density at radius 3 is 2.85 bits per heavy atom. The monoisotopic (exact) mass is 380 g/mol. The Morgan fingerprint density at radius 1 is 1.30 bits per heavy atom. The first-order valence-corrected chi connectivity index (χ1v) is 13.8. The fraction of sp³-hybridized carbons (Fsp3) is 0.520. The molecule has 27 heavy (non-hydrogen) atoms. The number of unbranched alkanes of at least 4 members (excludes halogenated alkanes) is 1. The number of hydrogen-bond acceptors (Lipinski definition) is 1. The Kier molecular flexibility index (Phi) is 6.47. The largest absolute Gasteiger partial charge is 0.489 e. The number of fused-ring (bicyclic) bond motifs is 1. The average molecular weight is 381 g/mol. The second-order valence-electron chi connectivity index (χ2n) is 8.92. The number of aryl methyl sites for hydroxylation is 1. The summed E-state index contributed by atoms with van der Waals surface area (Å²) in [4.78, 5) is 0. The van der Waals surface area contributed by atoms with Crippen molar-refractivity contribution in [2.24, 2.45) is 11.8 Å². The van der Waals surface area contributed by atoms with Crippen LogP contribution in [-0.4, -0.2) is 14.7 Å². The van der Waals surface area contributed by atoms with Crippen molar-refractivity contribution in [3.8, 4) is 5.75 Å². The van der Waals surface area contributed by atoms with E-state index < -0.39 is 8.07 Å². The van der Waals surface area contributed by atoms with Gasteiger partial charge in [-0.2, -0.15) is 0 Å². The van der Waals surface area contributed by atoms with E-state index >= 15 is 0 Å². The van der Waals surface area contributed by atoms with Gasteiger partial charge in [0.15, 0.2) is 0 Å². The van der Waals surface area contributed by atoms with Gasteiger partial charge in [0.2, 0.25) is 0 Å². The van der Waals surface area contributed by atoms with Crippen LogP contribution >= 0.6 is 0 Å². The molecule has 0 spiro atoms. The molecule has 1 aromatic rings. The number of hydrogen-bond donors (Lipinski definition) is 0. The van der Waals surface area contributed by atoms with Gasteiger partial charge < -0.3 is 4.74 Å². The van der Waals surface area contributed by atoms with Crippen molar-refractivity contribution in [3.63, 3.8) is 0 Å². The van der Waals surface area contributed by atoms with Gasteiger partial charge in [-0.25, -0.2) is 0 Å². The molecule has 1 saturated carbocycles. The molecule has 0 radical (unpaired) electrons. The van der Waals surface area contributed by atoms with E-state index in [1.165, 1.54) is 42.9 Å². The molecule has 0 aliphatic heterocycles. The molecule has 1 nitrogen and oxygen atoms in total. The van der Waals surface area contributed by atoms with Gasteiger partial charge in [0.05, 0.1) is 8.07 Å². The maximum absolute atomic E-state index is 6.20. The van der Waals surface area contributed by atoms with Gasteiger partial charge in [-0.05, 0) is 47.9 Å². The van der Waals surface area contributed by atoms with Crippen LogP contribution in [0.15, 0.2) is 54.7 Å². The van der Waals surface area contributed by atoms with Crippen LogP contribution in [0.2, 0.25) is 18.6 Å². The molecule has 1 aromatic carbocycles. The minimum Gasteiger partial charge on any atom is -0.489 e. The summed E-state index contributed by atoms with van der Waals surface area (Å²) in [5.41, 5.74) is 3.73. The lowest BCUT2D eigenvalue weighted by molar-refractivity contribution is 0.363. The van der Waals surface area contributed by atoms with Crippen LogP contribution in [-0.2, 0) is 0 Å². The van der Waals surface area contributed by atoms with E-state index in [0.717, 1.165) is 23.1 Å². The predicted octanol–water partition coefficient (Wildman–Crippen LogP) is 6.56. The maximum atomic E-state index is 6.20.